The van der Waals surface area contributed by atoms with Gasteiger partial charge in [0.1, 0.15) is 0 Å². The first-order chi connectivity index (χ1) is 9.58. The minimum absolute atomic E-state index is 0.223. The number of rotatable bonds is 6. The summed E-state index contributed by atoms with van der Waals surface area (Å²) in [6.07, 6.45) is 3.72. The Morgan fingerprint density at radius 2 is 1.80 bits per heavy atom. The van der Waals surface area contributed by atoms with E-state index in [1.54, 1.807) is 24.3 Å². The molecule has 1 N–H and O–H groups in total. The molecule has 6 heteroatoms. The summed E-state index contributed by atoms with van der Waals surface area (Å²) in [5.74, 6) is 0. The van der Waals surface area contributed by atoms with Gasteiger partial charge < -0.3 is 4.90 Å². The molecule has 1 aliphatic heterocycles. The number of hydrogen-bond acceptors (Lipinski definition) is 4. The van der Waals surface area contributed by atoms with Crippen molar-refractivity contribution in [1.29, 1.82) is 0 Å². The van der Waals surface area contributed by atoms with Gasteiger partial charge in [0, 0.05) is 6.54 Å². The van der Waals surface area contributed by atoms with Gasteiger partial charge in [-0.15, -0.1) is 0 Å². The van der Waals surface area contributed by atoms with Gasteiger partial charge in [-0.2, -0.15) is 0 Å². The third-order valence-electron chi connectivity index (χ3n) is 3.46. The SMILES string of the molecule is Cc1ccc(S(=O)(=O)NOCCN2CCCCC2)cc1. The number of aryl methyl sites for hydroxylation is 1. The average Bonchev–Trinajstić information content (AvgIpc) is 2.45. The molecule has 0 amide bonds. The van der Waals surface area contributed by atoms with E-state index in [2.05, 4.69) is 9.79 Å². The molecule has 0 unspecified atom stereocenters. The molecule has 1 fully saturated rings. The van der Waals surface area contributed by atoms with Crippen LogP contribution < -0.4 is 4.89 Å². The van der Waals surface area contributed by atoms with Crippen LogP contribution in [0.4, 0.5) is 0 Å². The maximum atomic E-state index is 11.9. The molecule has 1 saturated heterocycles. The van der Waals surface area contributed by atoms with Gasteiger partial charge in [0.2, 0.25) is 0 Å². The van der Waals surface area contributed by atoms with Crippen LogP contribution in [0.2, 0.25) is 0 Å². The van der Waals surface area contributed by atoms with Gasteiger partial charge in [-0.1, -0.05) is 29.0 Å². The van der Waals surface area contributed by atoms with Gasteiger partial charge in [-0.25, -0.2) is 8.42 Å². The van der Waals surface area contributed by atoms with E-state index in [0.717, 1.165) is 25.2 Å². The Morgan fingerprint density at radius 3 is 2.45 bits per heavy atom. The molecule has 1 heterocycles. The van der Waals surface area contributed by atoms with Crippen molar-refractivity contribution in [2.24, 2.45) is 0 Å². The number of sulfonamides is 1. The van der Waals surface area contributed by atoms with Gasteiger partial charge in [-0.05, 0) is 45.0 Å². The predicted molar refractivity (Wildman–Crippen MR) is 77.7 cm³/mol. The summed E-state index contributed by atoms with van der Waals surface area (Å²) >= 11 is 0. The third kappa shape index (κ3) is 4.56. The van der Waals surface area contributed by atoms with Gasteiger partial charge in [0.15, 0.2) is 0 Å². The second-order valence-corrected chi connectivity index (χ2v) is 6.80. The standard InChI is InChI=1S/C14H22N2O3S/c1-13-5-7-14(8-6-13)20(17,18)15-19-12-11-16-9-3-2-4-10-16/h5-8,15H,2-4,9-12H2,1H3. The maximum absolute atomic E-state index is 11.9. The van der Waals surface area contributed by atoms with Crippen LogP contribution in [-0.4, -0.2) is 39.6 Å². The van der Waals surface area contributed by atoms with Crippen molar-refractivity contribution in [2.75, 3.05) is 26.2 Å². The van der Waals surface area contributed by atoms with Gasteiger partial charge in [0.05, 0.1) is 11.5 Å². The molecular weight excluding hydrogens is 276 g/mol. The number of benzene rings is 1. The fourth-order valence-corrected chi connectivity index (χ4v) is 3.07. The van der Waals surface area contributed by atoms with Crippen LogP contribution in [0.3, 0.4) is 0 Å². The summed E-state index contributed by atoms with van der Waals surface area (Å²) in [5.41, 5.74) is 1.02. The smallest absolute Gasteiger partial charge is 0.262 e. The number of nitrogens with zero attached hydrogens (tertiary/aromatic N) is 1. The summed E-state index contributed by atoms with van der Waals surface area (Å²) in [4.78, 5) is 9.80. The molecule has 1 aliphatic rings. The monoisotopic (exact) mass is 298 g/mol. The number of piperidine rings is 1. The lowest BCUT2D eigenvalue weighted by atomic mass is 10.1. The number of likely N-dealkylation sites (tertiary alicyclic amines) is 1. The molecule has 0 spiro atoms. The zero-order chi connectivity index (χ0) is 14.4. The first kappa shape index (κ1) is 15.4. The largest absolute Gasteiger partial charge is 0.301 e. The molecule has 1 aromatic rings. The van der Waals surface area contributed by atoms with Crippen molar-refractivity contribution in [2.45, 2.75) is 31.1 Å². The van der Waals surface area contributed by atoms with Crippen molar-refractivity contribution in [3.8, 4) is 0 Å². The Labute approximate surface area is 120 Å². The first-order valence-corrected chi connectivity index (χ1v) is 8.49. The lowest BCUT2D eigenvalue weighted by Crippen LogP contribution is -2.35. The summed E-state index contributed by atoms with van der Waals surface area (Å²) in [6, 6.07) is 6.68. The lowest BCUT2D eigenvalue weighted by Gasteiger charge is -2.25. The summed E-state index contributed by atoms with van der Waals surface area (Å²) in [5, 5.41) is 0. The topological polar surface area (TPSA) is 58.6 Å². The zero-order valence-electron chi connectivity index (χ0n) is 11.8. The lowest BCUT2D eigenvalue weighted by molar-refractivity contribution is 0.0656. The molecule has 0 bridgehead atoms. The van der Waals surface area contributed by atoms with Crippen LogP contribution in [0.15, 0.2) is 29.2 Å². The van der Waals surface area contributed by atoms with Gasteiger partial charge >= 0.3 is 0 Å². The van der Waals surface area contributed by atoms with E-state index in [1.165, 1.54) is 19.3 Å². The number of nitrogens with one attached hydrogen (secondary N) is 1. The average molecular weight is 298 g/mol. The van der Waals surface area contributed by atoms with E-state index < -0.39 is 10.0 Å². The molecule has 0 radical (unpaired) electrons. The van der Waals surface area contributed by atoms with Crippen LogP contribution in [0.25, 0.3) is 0 Å². The normalized spacial score (nSPS) is 17.2. The summed E-state index contributed by atoms with van der Waals surface area (Å²) in [6.45, 7) is 5.20. The van der Waals surface area contributed by atoms with Crippen LogP contribution >= 0.6 is 0 Å². The Hall–Kier alpha value is -0.950. The molecule has 0 aromatic heterocycles. The van der Waals surface area contributed by atoms with E-state index in [9.17, 15) is 8.42 Å². The third-order valence-corrected chi connectivity index (χ3v) is 4.69. The van der Waals surface area contributed by atoms with E-state index >= 15 is 0 Å². The van der Waals surface area contributed by atoms with Crippen LogP contribution in [0.1, 0.15) is 24.8 Å². The maximum Gasteiger partial charge on any atom is 0.262 e. The highest BCUT2D eigenvalue weighted by atomic mass is 32.2. The molecule has 0 saturated carbocycles. The van der Waals surface area contributed by atoms with E-state index in [0.29, 0.717) is 6.61 Å². The molecule has 0 aliphatic carbocycles. The molecule has 2 rings (SSSR count). The minimum Gasteiger partial charge on any atom is -0.301 e. The van der Waals surface area contributed by atoms with Crippen LogP contribution in [0, 0.1) is 6.92 Å². The van der Waals surface area contributed by atoms with Crippen molar-refractivity contribution in [1.82, 2.24) is 9.79 Å². The highest BCUT2D eigenvalue weighted by Gasteiger charge is 2.14. The zero-order valence-corrected chi connectivity index (χ0v) is 12.7. The summed E-state index contributed by atoms with van der Waals surface area (Å²) in [7, 11) is -3.57. The van der Waals surface area contributed by atoms with Gasteiger partial charge in [-0.3, -0.25) is 4.84 Å². The van der Waals surface area contributed by atoms with Crippen molar-refractivity contribution >= 4 is 10.0 Å². The fraction of sp³-hybridized carbons (Fsp3) is 0.571. The Morgan fingerprint density at radius 1 is 1.15 bits per heavy atom. The second kappa shape index (κ2) is 7.17. The van der Waals surface area contributed by atoms with Gasteiger partial charge in [0.25, 0.3) is 10.0 Å². The van der Waals surface area contributed by atoms with E-state index in [1.807, 2.05) is 6.92 Å². The Balaban J connectivity index is 1.76. The van der Waals surface area contributed by atoms with Crippen LogP contribution in [0.5, 0.6) is 0 Å². The Bertz CT molecular complexity index is 508. The Kier molecular flexibility index (Phi) is 5.54. The predicted octanol–water partition coefficient (Wildman–Crippen LogP) is 1.69. The second-order valence-electron chi connectivity index (χ2n) is 5.15. The minimum atomic E-state index is -3.57. The highest BCUT2D eigenvalue weighted by Crippen LogP contribution is 2.10. The number of hydrogen-bond donors (Lipinski definition) is 1. The molecule has 112 valence electrons. The highest BCUT2D eigenvalue weighted by molar-refractivity contribution is 7.89. The van der Waals surface area contributed by atoms with Crippen molar-refractivity contribution < 1.29 is 13.3 Å². The van der Waals surface area contributed by atoms with Crippen LogP contribution in [-0.2, 0) is 14.9 Å². The molecule has 1 aromatic carbocycles. The molecule has 0 atom stereocenters. The van der Waals surface area contributed by atoms with Crippen molar-refractivity contribution in [3.63, 3.8) is 0 Å². The van der Waals surface area contributed by atoms with Crippen molar-refractivity contribution in [3.05, 3.63) is 29.8 Å². The molecular formula is C14H22N2O3S. The van der Waals surface area contributed by atoms with E-state index in [-0.39, 0.29) is 4.90 Å². The van der Waals surface area contributed by atoms with E-state index in [4.69, 9.17) is 4.84 Å². The summed E-state index contributed by atoms with van der Waals surface area (Å²) < 4.78 is 23.9. The molecule has 20 heavy (non-hydrogen) atoms. The first-order valence-electron chi connectivity index (χ1n) is 7.00. The molecule has 5 nitrogen and oxygen atoms in total. The quantitative estimate of drug-likeness (QED) is 0.641. The fourth-order valence-electron chi connectivity index (χ4n) is 2.24.